The van der Waals surface area contributed by atoms with Crippen molar-refractivity contribution < 1.29 is 4.79 Å². The number of likely N-dealkylation sites (tertiary alicyclic amines) is 1. The molecule has 1 fully saturated rings. The van der Waals surface area contributed by atoms with Gasteiger partial charge in [0.1, 0.15) is 0 Å². The van der Waals surface area contributed by atoms with E-state index in [1.54, 1.807) is 11.3 Å². The van der Waals surface area contributed by atoms with E-state index in [1.807, 2.05) is 19.1 Å². The van der Waals surface area contributed by atoms with Crippen molar-refractivity contribution in [1.29, 1.82) is 0 Å². The summed E-state index contributed by atoms with van der Waals surface area (Å²) in [5, 5.41) is 0. The summed E-state index contributed by atoms with van der Waals surface area (Å²) in [6.45, 7) is 4.67. The fourth-order valence-corrected chi connectivity index (χ4v) is 3.04. The average molecular weight is 252 g/mol. The Bertz CT molecular complexity index is 400. The molecule has 0 amide bonds. The van der Waals surface area contributed by atoms with Crippen molar-refractivity contribution in [2.45, 2.75) is 19.4 Å². The number of hydrogen-bond donors (Lipinski definition) is 0. The van der Waals surface area contributed by atoms with Crippen molar-refractivity contribution in [1.82, 2.24) is 9.80 Å². The number of Topliss-reactive ketones (excluding diaryl/α,β-unsaturated/α-hetero) is 1. The monoisotopic (exact) mass is 252 g/mol. The topological polar surface area (TPSA) is 23.6 Å². The molecule has 3 nitrogen and oxygen atoms in total. The molecule has 1 saturated heterocycles. The summed E-state index contributed by atoms with van der Waals surface area (Å²) in [7, 11) is 4.22. The Labute approximate surface area is 107 Å². The summed E-state index contributed by atoms with van der Waals surface area (Å²) in [6.07, 6.45) is 1.17. The molecule has 1 unspecified atom stereocenters. The minimum Gasteiger partial charge on any atom is -0.305 e. The molecule has 0 saturated carbocycles. The van der Waals surface area contributed by atoms with Crippen LogP contribution in [0, 0.1) is 6.92 Å². The van der Waals surface area contributed by atoms with Gasteiger partial charge in [0.05, 0.1) is 11.4 Å². The highest BCUT2D eigenvalue weighted by Gasteiger charge is 2.25. The Kier molecular flexibility index (Phi) is 3.97. The third-order valence-corrected chi connectivity index (χ3v) is 4.40. The molecule has 17 heavy (non-hydrogen) atoms. The average Bonchev–Trinajstić information content (AvgIpc) is 2.86. The lowest BCUT2D eigenvalue weighted by molar-refractivity contribution is 0.0945. The van der Waals surface area contributed by atoms with Gasteiger partial charge in [-0.3, -0.25) is 9.69 Å². The second-order valence-electron chi connectivity index (χ2n) is 4.97. The molecule has 1 atom stereocenters. The van der Waals surface area contributed by atoms with E-state index < -0.39 is 0 Å². The molecule has 1 aromatic rings. The van der Waals surface area contributed by atoms with Crippen LogP contribution < -0.4 is 0 Å². The molecule has 94 valence electrons. The summed E-state index contributed by atoms with van der Waals surface area (Å²) >= 11 is 1.60. The number of ketones is 1. The zero-order chi connectivity index (χ0) is 12.4. The third kappa shape index (κ3) is 3.15. The number of likely N-dealkylation sites (N-methyl/N-ethyl adjacent to an activating group) is 1. The summed E-state index contributed by atoms with van der Waals surface area (Å²) in [6, 6.07) is 4.57. The third-order valence-electron chi connectivity index (χ3n) is 3.36. The molecule has 0 spiro atoms. The minimum absolute atomic E-state index is 0.266. The Hall–Kier alpha value is -0.710. The number of hydrogen-bond acceptors (Lipinski definition) is 4. The van der Waals surface area contributed by atoms with Crippen molar-refractivity contribution in [2.24, 2.45) is 0 Å². The van der Waals surface area contributed by atoms with Gasteiger partial charge in [0.2, 0.25) is 0 Å². The van der Waals surface area contributed by atoms with E-state index in [4.69, 9.17) is 0 Å². The summed E-state index contributed by atoms with van der Waals surface area (Å²) in [5.41, 5.74) is 0. The van der Waals surface area contributed by atoms with Crippen LogP contribution in [-0.2, 0) is 0 Å². The number of carbonyl (C=O) groups is 1. The van der Waals surface area contributed by atoms with Crippen LogP contribution in [0.25, 0.3) is 0 Å². The van der Waals surface area contributed by atoms with Gasteiger partial charge < -0.3 is 4.90 Å². The van der Waals surface area contributed by atoms with Crippen LogP contribution in [0.5, 0.6) is 0 Å². The van der Waals surface area contributed by atoms with Crippen molar-refractivity contribution in [3.63, 3.8) is 0 Å². The van der Waals surface area contributed by atoms with Gasteiger partial charge >= 0.3 is 0 Å². The largest absolute Gasteiger partial charge is 0.305 e. The van der Waals surface area contributed by atoms with E-state index in [0.29, 0.717) is 12.6 Å². The summed E-state index contributed by atoms with van der Waals surface area (Å²) in [4.78, 5) is 18.7. The van der Waals surface area contributed by atoms with Crippen molar-refractivity contribution in [3.05, 3.63) is 21.9 Å². The van der Waals surface area contributed by atoms with E-state index in [9.17, 15) is 4.79 Å². The van der Waals surface area contributed by atoms with Gasteiger partial charge in [-0.25, -0.2) is 0 Å². The Balaban J connectivity index is 1.88. The molecule has 1 aliphatic rings. The highest BCUT2D eigenvalue weighted by Crippen LogP contribution is 2.18. The zero-order valence-corrected chi connectivity index (χ0v) is 11.6. The van der Waals surface area contributed by atoms with Crippen LogP contribution in [0.3, 0.4) is 0 Å². The van der Waals surface area contributed by atoms with Gasteiger partial charge in [0, 0.05) is 24.0 Å². The second-order valence-corrected chi connectivity index (χ2v) is 6.26. The van der Waals surface area contributed by atoms with Gasteiger partial charge in [0.25, 0.3) is 0 Å². The number of rotatable bonds is 4. The minimum atomic E-state index is 0.266. The van der Waals surface area contributed by atoms with E-state index >= 15 is 0 Å². The van der Waals surface area contributed by atoms with Crippen LogP contribution in [0.15, 0.2) is 12.1 Å². The molecular formula is C13H20N2OS. The number of thiophene rings is 1. The number of aryl methyl sites for hydroxylation is 1. The molecule has 4 heteroatoms. The van der Waals surface area contributed by atoms with Gasteiger partial charge in [-0.2, -0.15) is 0 Å². The second kappa shape index (κ2) is 5.29. The van der Waals surface area contributed by atoms with Crippen LogP contribution in [0.2, 0.25) is 0 Å². The predicted molar refractivity (Wildman–Crippen MR) is 71.9 cm³/mol. The first-order chi connectivity index (χ1) is 8.06. The van der Waals surface area contributed by atoms with Crippen molar-refractivity contribution in [3.8, 4) is 0 Å². The molecule has 1 aromatic heterocycles. The Morgan fingerprint density at radius 2 is 2.29 bits per heavy atom. The maximum Gasteiger partial charge on any atom is 0.186 e. The quantitative estimate of drug-likeness (QED) is 0.764. The molecule has 2 heterocycles. The maximum atomic E-state index is 12.0. The molecule has 1 aliphatic heterocycles. The van der Waals surface area contributed by atoms with Gasteiger partial charge in [-0.1, -0.05) is 0 Å². The fraction of sp³-hybridized carbons (Fsp3) is 0.615. The lowest BCUT2D eigenvalue weighted by atomic mass is 10.2. The highest BCUT2D eigenvalue weighted by molar-refractivity contribution is 7.14. The van der Waals surface area contributed by atoms with Crippen LogP contribution >= 0.6 is 11.3 Å². The summed E-state index contributed by atoms with van der Waals surface area (Å²) in [5.74, 6) is 0.266. The maximum absolute atomic E-state index is 12.0. The van der Waals surface area contributed by atoms with Crippen molar-refractivity contribution >= 4 is 17.1 Å². The SMILES string of the molecule is Cc1ccc(C(=O)CN2CCC(N(C)C)C2)s1. The number of nitrogens with zero attached hydrogens (tertiary/aromatic N) is 2. The predicted octanol–water partition coefficient (Wildman–Crippen LogP) is 1.88. The van der Waals surface area contributed by atoms with E-state index in [-0.39, 0.29) is 5.78 Å². The van der Waals surface area contributed by atoms with Crippen molar-refractivity contribution in [2.75, 3.05) is 33.7 Å². The Morgan fingerprint density at radius 1 is 1.53 bits per heavy atom. The van der Waals surface area contributed by atoms with Crippen LogP contribution in [-0.4, -0.2) is 55.4 Å². The first kappa shape index (κ1) is 12.7. The Morgan fingerprint density at radius 3 is 2.82 bits per heavy atom. The standard InChI is InChI=1S/C13H20N2OS/c1-10-4-5-13(17-10)12(16)9-15-7-6-11(8-15)14(2)3/h4-5,11H,6-9H2,1-3H3. The van der Waals surface area contributed by atoms with Gasteiger partial charge in [-0.05, 0) is 39.6 Å². The first-order valence-electron chi connectivity index (χ1n) is 6.04. The fourth-order valence-electron chi connectivity index (χ4n) is 2.24. The lowest BCUT2D eigenvalue weighted by Gasteiger charge is -2.19. The van der Waals surface area contributed by atoms with Crippen LogP contribution in [0.4, 0.5) is 0 Å². The molecule has 2 rings (SSSR count). The highest BCUT2D eigenvalue weighted by atomic mass is 32.1. The molecular weight excluding hydrogens is 232 g/mol. The normalized spacial score (nSPS) is 21.3. The molecule has 0 bridgehead atoms. The molecule has 0 N–H and O–H groups in total. The van der Waals surface area contributed by atoms with Crippen LogP contribution in [0.1, 0.15) is 21.0 Å². The van der Waals surface area contributed by atoms with E-state index in [2.05, 4.69) is 23.9 Å². The summed E-state index contributed by atoms with van der Waals surface area (Å²) < 4.78 is 0. The zero-order valence-electron chi connectivity index (χ0n) is 10.8. The van der Waals surface area contributed by atoms with Gasteiger partial charge in [-0.15, -0.1) is 11.3 Å². The molecule has 0 radical (unpaired) electrons. The lowest BCUT2D eigenvalue weighted by Crippen LogP contribution is -2.33. The van der Waals surface area contributed by atoms with E-state index in [1.165, 1.54) is 11.3 Å². The molecule has 0 aromatic carbocycles. The van der Waals surface area contributed by atoms with E-state index in [0.717, 1.165) is 18.0 Å². The van der Waals surface area contributed by atoms with Gasteiger partial charge in [0.15, 0.2) is 5.78 Å². The number of carbonyl (C=O) groups excluding carboxylic acids is 1. The molecule has 0 aliphatic carbocycles. The first-order valence-corrected chi connectivity index (χ1v) is 6.86. The smallest absolute Gasteiger partial charge is 0.186 e.